The van der Waals surface area contributed by atoms with Crippen LogP contribution in [0.2, 0.25) is 0 Å². The quantitative estimate of drug-likeness (QED) is 0.768. The van der Waals surface area contributed by atoms with Crippen molar-refractivity contribution in [3.05, 3.63) is 54.1 Å². The molecule has 0 aromatic heterocycles. The number of hydrogen-bond donors (Lipinski definition) is 1. The minimum Gasteiger partial charge on any atom is -0.450 e. The SMILES string of the molecule is CCOC(=O)Nc1ccc(N(Oc2ccc(C)cc2)C(=O)OCC)cc1. The highest BCUT2D eigenvalue weighted by Gasteiger charge is 2.20. The van der Waals surface area contributed by atoms with E-state index < -0.39 is 12.2 Å². The molecule has 7 nitrogen and oxygen atoms in total. The number of carbonyl (C=O) groups is 2. The lowest BCUT2D eigenvalue weighted by Crippen LogP contribution is -2.34. The van der Waals surface area contributed by atoms with Crippen molar-refractivity contribution in [2.24, 2.45) is 0 Å². The third-order valence-corrected chi connectivity index (χ3v) is 3.27. The number of rotatable bonds is 6. The van der Waals surface area contributed by atoms with Gasteiger partial charge in [0.05, 0.1) is 18.9 Å². The second-order valence-corrected chi connectivity index (χ2v) is 5.29. The second kappa shape index (κ2) is 9.31. The first-order valence-corrected chi connectivity index (χ1v) is 8.28. The molecular formula is C19H22N2O5. The number of nitrogens with zero attached hydrogens (tertiary/aromatic N) is 1. The second-order valence-electron chi connectivity index (χ2n) is 5.29. The van der Waals surface area contributed by atoms with Crippen LogP contribution in [0.15, 0.2) is 48.5 Å². The van der Waals surface area contributed by atoms with Gasteiger partial charge in [-0.05, 0) is 57.2 Å². The fourth-order valence-electron chi connectivity index (χ4n) is 2.05. The molecule has 2 amide bonds. The van der Waals surface area contributed by atoms with E-state index in [1.807, 2.05) is 19.1 Å². The van der Waals surface area contributed by atoms with Crippen LogP contribution in [0.4, 0.5) is 21.0 Å². The zero-order valence-electron chi connectivity index (χ0n) is 15.0. The highest BCUT2D eigenvalue weighted by atomic mass is 16.7. The van der Waals surface area contributed by atoms with Crippen molar-refractivity contribution in [1.29, 1.82) is 0 Å². The molecule has 0 aliphatic rings. The standard InChI is InChI=1S/C19H22N2O5/c1-4-24-18(22)20-15-8-10-16(11-9-15)21(19(23)25-5-2)26-17-12-6-14(3)7-13-17/h6-13H,4-5H2,1-3H3,(H,20,22). The summed E-state index contributed by atoms with van der Waals surface area (Å²) in [4.78, 5) is 29.4. The number of benzene rings is 2. The number of carbonyl (C=O) groups excluding carboxylic acids is 2. The molecule has 0 spiro atoms. The Kier molecular flexibility index (Phi) is 6.84. The fraction of sp³-hybridized carbons (Fsp3) is 0.263. The van der Waals surface area contributed by atoms with Gasteiger partial charge in [-0.15, -0.1) is 5.06 Å². The summed E-state index contributed by atoms with van der Waals surface area (Å²) >= 11 is 0. The van der Waals surface area contributed by atoms with E-state index in [1.165, 1.54) is 0 Å². The van der Waals surface area contributed by atoms with Crippen molar-refractivity contribution in [2.45, 2.75) is 20.8 Å². The summed E-state index contributed by atoms with van der Waals surface area (Å²) < 4.78 is 9.88. The maximum atomic E-state index is 12.3. The minimum atomic E-state index is -0.640. The zero-order chi connectivity index (χ0) is 18.9. The van der Waals surface area contributed by atoms with Crippen molar-refractivity contribution in [1.82, 2.24) is 0 Å². The molecule has 26 heavy (non-hydrogen) atoms. The van der Waals surface area contributed by atoms with Gasteiger partial charge in [-0.1, -0.05) is 17.7 Å². The van der Waals surface area contributed by atoms with E-state index in [2.05, 4.69) is 5.32 Å². The van der Waals surface area contributed by atoms with Crippen LogP contribution in [-0.2, 0) is 9.47 Å². The van der Waals surface area contributed by atoms with Gasteiger partial charge in [0.2, 0.25) is 0 Å². The lowest BCUT2D eigenvalue weighted by atomic mass is 10.2. The first-order valence-electron chi connectivity index (χ1n) is 8.28. The molecule has 0 aliphatic heterocycles. The van der Waals surface area contributed by atoms with Gasteiger partial charge < -0.3 is 14.3 Å². The predicted octanol–water partition coefficient (Wildman–Crippen LogP) is 4.52. The number of hydrogen-bond acceptors (Lipinski definition) is 5. The van der Waals surface area contributed by atoms with Gasteiger partial charge in [-0.25, -0.2) is 9.59 Å². The highest BCUT2D eigenvalue weighted by molar-refractivity contribution is 5.88. The molecule has 2 aromatic carbocycles. The largest absolute Gasteiger partial charge is 0.450 e. The molecule has 0 heterocycles. The van der Waals surface area contributed by atoms with Crippen molar-refractivity contribution >= 4 is 23.6 Å². The average Bonchev–Trinajstić information content (AvgIpc) is 2.62. The molecule has 2 rings (SSSR count). The summed E-state index contributed by atoms with van der Waals surface area (Å²) in [6.07, 6.45) is -1.18. The maximum Gasteiger partial charge on any atom is 0.448 e. The van der Waals surface area contributed by atoms with Crippen LogP contribution in [0.25, 0.3) is 0 Å². The number of hydroxylamine groups is 1. The van der Waals surface area contributed by atoms with Gasteiger partial charge in [-0.2, -0.15) is 0 Å². The molecular weight excluding hydrogens is 336 g/mol. The molecule has 0 saturated heterocycles. The summed E-state index contributed by atoms with van der Waals surface area (Å²) in [6, 6.07) is 13.8. The fourth-order valence-corrected chi connectivity index (χ4v) is 2.05. The first kappa shape index (κ1) is 19.1. The van der Waals surface area contributed by atoms with E-state index in [4.69, 9.17) is 14.3 Å². The van der Waals surface area contributed by atoms with Gasteiger partial charge in [0.1, 0.15) is 0 Å². The first-order chi connectivity index (χ1) is 12.5. The molecule has 0 saturated carbocycles. The van der Waals surface area contributed by atoms with E-state index in [0.29, 0.717) is 17.1 Å². The van der Waals surface area contributed by atoms with Crippen molar-refractivity contribution in [2.75, 3.05) is 23.6 Å². The topological polar surface area (TPSA) is 77.1 Å². The smallest absolute Gasteiger partial charge is 0.448 e. The molecule has 0 fully saturated rings. The van der Waals surface area contributed by atoms with E-state index >= 15 is 0 Å². The Hall–Kier alpha value is -3.22. The summed E-state index contributed by atoms with van der Waals surface area (Å²) in [5.41, 5.74) is 2.07. The Morgan fingerprint density at radius 2 is 1.54 bits per heavy atom. The summed E-state index contributed by atoms with van der Waals surface area (Å²) in [5, 5.41) is 3.64. The van der Waals surface area contributed by atoms with E-state index in [9.17, 15) is 9.59 Å². The molecule has 138 valence electrons. The molecule has 0 atom stereocenters. The Morgan fingerprint density at radius 1 is 0.923 bits per heavy atom. The molecule has 0 bridgehead atoms. The van der Waals surface area contributed by atoms with Crippen LogP contribution in [0.3, 0.4) is 0 Å². The molecule has 7 heteroatoms. The van der Waals surface area contributed by atoms with Crippen LogP contribution in [-0.4, -0.2) is 25.4 Å². The lowest BCUT2D eigenvalue weighted by Gasteiger charge is -2.22. The van der Waals surface area contributed by atoms with Gasteiger partial charge in [0.25, 0.3) is 0 Å². The Balaban J connectivity index is 2.17. The summed E-state index contributed by atoms with van der Waals surface area (Å²) in [7, 11) is 0. The molecule has 2 aromatic rings. The van der Waals surface area contributed by atoms with E-state index in [1.54, 1.807) is 50.2 Å². The van der Waals surface area contributed by atoms with Crippen molar-refractivity contribution in [3.63, 3.8) is 0 Å². The van der Waals surface area contributed by atoms with E-state index in [-0.39, 0.29) is 13.2 Å². The number of aryl methyl sites for hydroxylation is 1. The normalized spacial score (nSPS) is 9.96. The van der Waals surface area contributed by atoms with Crippen LogP contribution < -0.4 is 15.2 Å². The van der Waals surface area contributed by atoms with Crippen LogP contribution >= 0.6 is 0 Å². The Bertz CT molecular complexity index is 729. The Morgan fingerprint density at radius 3 is 2.12 bits per heavy atom. The van der Waals surface area contributed by atoms with Gasteiger partial charge in [0, 0.05) is 5.69 Å². The van der Waals surface area contributed by atoms with Crippen molar-refractivity contribution in [3.8, 4) is 5.75 Å². The van der Waals surface area contributed by atoms with E-state index in [0.717, 1.165) is 10.6 Å². The van der Waals surface area contributed by atoms with Crippen LogP contribution in [0.1, 0.15) is 19.4 Å². The summed E-state index contributed by atoms with van der Waals surface area (Å²) in [5.74, 6) is 0.498. The monoisotopic (exact) mass is 358 g/mol. The number of nitrogens with one attached hydrogen (secondary N) is 1. The van der Waals surface area contributed by atoms with Crippen molar-refractivity contribution < 1.29 is 23.9 Å². The average molecular weight is 358 g/mol. The third kappa shape index (κ3) is 5.41. The molecule has 0 unspecified atom stereocenters. The predicted molar refractivity (Wildman–Crippen MR) is 98.4 cm³/mol. The molecule has 0 aliphatic carbocycles. The third-order valence-electron chi connectivity index (χ3n) is 3.27. The highest BCUT2D eigenvalue weighted by Crippen LogP contribution is 2.22. The maximum absolute atomic E-state index is 12.3. The van der Waals surface area contributed by atoms with Crippen LogP contribution in [0, 0.1) is 6.92 Å². The zero-order valence-corrected chi connectivity index (χ0v) is 15.0. The van der Waals surface area contributed by atoms with Gasteiger partial charge in [0.15, 0.2) is 5.75 Å². The van der Waals surface area contributed by atoms with Gasteiger partial charge in [-0.3, -0.25) is 5.32 Å². The number of ether oxygens (including phenoxy) is 2. The minimum absolute atomic E-state index is 0.217. The van der Waals surface area contributed by atoms with Crippen LogP contribution in [0.5, 0.6) is 5.75 Å². The number of amides is 2. The molecule has 1 N–H and O–H groups in total. The summed E-state index contributed by atoms with van der Waals surface area (Å²) in [6.45, 7) is 5.90. The molecule has 0 radical (unpaired) electrons. The number of anilines is 2. The Labute approximate surface area is 152 Å². The lowest BCUT2D eigenvalue weighted by molar-refractivity contribution is 0.131. The van der Waals surface area contributed by atoms with Gasteiger partial charge >= 0.3 is 12.2 Å².